The predicted molar refractivity (Wildman–Crippen MR) is 152 cm³/mol. The van der Waals surface area contributed by atoms with Gasteiger partial charge in [-0.15, -0.1) is 11.3 Å². The number of nitriles is 1. The molecule has 0 amide bonds. The van der Waals surface area contributed by atoms with E-state index < -0.39 is 17.7 Å². The van der Waals surface area contributed by atoms with Crippen LogP contribution in [0.5, 0.6) is 11.5 Å². The number of halogens is 1. The van der Waals surface area contributed by atoms with Crippen molar-refractivity contribution in [1.29, 1.82) is 5.26 Å². The maximum absolute atomic E-state index is 13.2. The fourth-order valence-electron chi connectivity index (χ4n) is 3.84. The molecule has 0 saturated carbocycles. The van der Waals surface area contributed by atoms with Gasteiger partial charge in [-0.3, -0.25) is 4.79 Å². The van der Waals surface area contributed by atoms with E-state index in [4.69, 9.17) is 30.5 Å². The lowest BCUT2D eigenvalue weighted by atomic mass is 10.0. The van der Waals surface area contributed by atoms with E-state index in [2.05, 4.69) is 0 Å². The highest BCUT2D eigenvalue weighted by molar-refractivity contribution is 7.14. The number of benzene rings is 2. The second-order valence-electron chi connectivity index (χ2n) is 8.37. The average molecular weight is 582 g/mol. The Morgan fingerprint density at radius 3 is 2.35 bits per heavy atom. The van der Waals surface area contributed by atoms with Crippen molar-refractivity contribution in [3.05, 3.63) is 85.1 Å². The number of carbonyl (C=O) groups excluding carboxylic acids is 3. The minimum atomic E-state index is -0.653. The molecule has 1 aromatic heterocycles. The summed E-state index contributed by atoms with van der Waals surface area (Å²) in [6, 6.07) is 14.6. The Balaban J connectivity index is 1.91. The van der Waals surface area contributed by atoms with Gasteiger partial charge in [0.25, 0.3) is 0 Å². The predicted octanol–water partition coefficient (Wildman–Crippen LogP) is 6.37. The molecule has 10 heteroatoms. The number of ether oxygens (including phenoxy) is 4. The SMILES string of the molecule is CCOC(=O)c1sc(CC(=O)/C(C#N)=C/c2cc(Cl)c(OCc3ccccc3)c(OC)c2)c(C(=O)OCC)c1C. The Morgan fingerprint density at radius 1 is 1.05 bits per heavy atom. The number of hydrogen-bond acceptors (Lipinski definition) is 9. The lowest BCUT2D eigenvalue weighted by Gasteiger charge is -2.13. The van der Waals surface area contributed by atoms with Gasteiger partial charge in [-0.1, -0.05) is 41.9 Å². The monoisotopic (exact) mass is 581 g/mol. The minimum absolute atomic E-state index is 0.118. The molecule has 3 aromatic rings. The first-order valence-corrected chi connectivity index (χ1v) is 13.6. The van der Waals surface area contributed by atoms with Crippen LogP contribution in [0.4, 0.5) is 0 Å². The van der Waals surface area contributed by atoms with Gasteiger partial charge in [0.15, 0.2) is 17.3 Å². The highest BCUT2D eigenvalue weighted by atomic mass is 35.5. The molecule has 0 unspecified atom stereocenters. The van der Waals surface area contributed by atoms with Crippen molar-refractivity contribution in [3.63, 3.8) is 0 Å². The van der Waals surface area contributed by atoms with E-state index in [-0.39, 0.29) is 47.3 Å². The van der Waals surface area contributed by atoms with Crippen LogP contribution in [-0.2, 0) is 27.3 Å². The zero-order chi connectivity index (χ0) is 29.2. The Hall–Kier alpha value is -4.13. The lowest BCUT2D eigenvalue weighted by molar-refractivity contribution is -0.114. The third-order valence-corrected chi connectivity index (χ3v) is 7.24. The smallest absolute Gasteiger partial charge is 0.348 e. The van der Waals surface area contributed by atoms with Crippen molar-refractivity contribution in [2.24, 2.45) is 0 Å². The standard InChI is InChI=1S/C30H28ClNO7S/c1-5-37-29(34)26-18(3)28(30(35)38-6-2)40-25(26)15-23(33)21(16-32)12-20-13-22(31)27(24(14-20)36-4)39-17-19-10-8-7-9-11-19/h7-14H,5-6,15,17H2,1-4H3/b21-12+. The van der Waals surface area contributed by atoms with E-state index in [0.717, 1.165) is 16.9 Å². The zero-order valence-corrected chi connectivity index (χ0v) is 24.1. The third-order valence-electron chi connectivity index (χ3n) is 5.69. The first-order valence-electron chi connectivity index (χ1n) is 12.4. The van der Waals surface area contributed by atoms with E-state index in [1.165, 1.54) is 13.2 Å². The molecule has 8 nitrogen and oxygen atoms in total. The summed E-state index contributed by atoms with van der Waals surface area (Å²) in [4.78, 5) is 38.8. The highest BCUT2D eigenvalue weighted by Crippen LogP contribution is 2.38. The Bertz CT molecular complexity index is 1470. The summed E-state index contributed by atoms with van der Waals surface area (Å²) in [5.41, 5.74) is 1.72. The maximum Gasteiger partial charge on any atom is 0.348 e. The molecule has 0 aliphatic carbocycles. The van der Waals surface area contributed by atoms with Crippen molar-refractivity contribution in [3.8, 4) is 17.6 Å². The summed E-state index contributed by atoms with van der Waals surface area (Å²) < 4.78 is 21.6. The van der Waals surface area contributed by atoms with Gasteiger partial charge in [0.1, 0.15) is 17.6 Å². The topological polar surface area (TPSA) is 112 Å². The fraction of sp³-hybridized carbons (Fsp3) is 0.267. The Labute approximate surface area is 241 Å². The normalized spacial score (nSPS) is 10.9. The van der Waals surface area contributed by atoms with Crippen LogP contribution in [0.3, 0.4) is 0 Å². The summed E-state index contributed by atoms with van der Waals surface area (Å²) >= 11 is 7.46. The van der Waals surface area contributed by atoms with E-state index in [0.29, 0.717) is 27.5 Å². The minimum Gasteiger partial charge on any atom is -0.493 e. The number of esters is 2. The number of allylic oxidation sites excluding steroid dienone is 1. The van der Waals surface area contributed by atoms with Gasteiger partial charge in [0.05, 0.1) is 36.5 Å². The number of hydrogen-bond donors (Lipinski definition) is 0. The maximum atomic E-state index is 13.2. The molecule has 0 radical (unpaired) electrons. The number of methoxy groups -OCH3 is 1. The second-order valence-corrected chi connectivity index (χ2v) is 9.89. The van der Waals surface area contributed by atoms with E-state index in [1.54, 1.807) is 32.9 Å². The number of thiophene rings is 1. The van der Waals surface area contributed by atoms with Crippen LogP contribution in [0.15, 0.2) is 48.0 Å². The van der Waals surface area contributed by atoms with Crippen molar-refractivity contribution in [1.82, 2.24) is 0 Å². The summed E-state index contributed by atoms with van der Waals surface area (Å²) in [5, 5.41) is 10.0. The van der Waals surface area contributed by atoms with Crippen molar-refractivity contribution >= 4 is 46.7 Å². The van der Waals surface area contributed by atoms with Crippen molar-refractivity contribution in [2.75, 3.05) is 20.3 Å². The molecule has 1 heterocycles. The van der Waals surface area contributed by atoms with Crippen LogP contribution < -0.4 is 9.47 Å². The first kappa shape index (κ1) is 30.4. The lowest BCUT2D eigenvalue weighted by Crippen LogP contribution is -2.12. The van der Waals surface area contributed by atoms with Crippen LogP contribution in [-0.4, -0.2) is 38.0 Å². The van der Waals surface area contributed by atoms with Gasteiger partial charge in [0.2, 0.25) is 0 Å². The van der Waals surface area contributed by atoms with Crippen molar-refractivity contribution in [2.45, 2.75) is 33.8 Å². The molecule has 2 aromatic carbocycles. The highest BCUT2D eigenvalue weighted by Gasteiger charge is 2.28. The largest absolute Gasteiger partial charge is 0.493 e. The molecule has 0 spiro atoms. The summed E-state index contributed by atoms with van der Waals surface area (Å²) in [5.74, 6) is -1.14. The fourth-order valence-corrected chi connectivity index (χ4v) is 5.29. The van der Waals surface area contributed by atoms with E-state index >= 15 is 0 Å². The summed E-state index contributed by atoms with van der Waals surface area (Å²) in [6.07, 6.45) is 1.09. The van der Waals surface area contributed by atoms with E-state index in [9.17, 15) is 19.6 Å². The number of rotatable bonds is 12. The molecule has 40 heavy (non-hydrogen) atoms. The second kappa shape index (κ2) is 14.3. The van der Waals surface area contributed by atoms with Gasteiger partial charge in [-0.2, -0.15) is 5.26 Å². The molecule has 0 atom stereocenters. The van der Waals surface area contributed by atoms with Crippen LogP contribution in [0.25, 0.3) is 6.08 Å². The molecule has 0 fully saturated rings. The Kier molecular flexibility index (Phi) is 10.9. The average Bonchev–Trinajstić information content (AvgIpc) is 3.26. The van der Waals surface area contributed by atoms with Gasteiger partial charge in [0, 0.05) is 11.3 Å². The molecular weight excluding hydrogens is 554 g/mol. The molecular formula is C30H28ClNO7S. The number of carbonyl (C=O) groups is 3. The molecule has 208 valence electrons. The van der Waals surface area contributed by atoms with Crippen LogP contribution in [0, 0.1) is 18.3 Å². The molecule has 0 aliphatic heterocycles. The molecule has 0 bridgehead atoms. The number of ketones is 1. The molecule has 3 rings (SSSR count). The third kappa shape index (κ3) is 7.29. The van der Waals surface area contributed by atoms with Gasteiger partial charge >= 0.3 is 11.9 Å². The Morgan fingerprint density at radius 2 is 1.73 bits per heavy atom. The van der Waals surface area contributed by atoms with E-state index in [1.807, 2.05) is 36.4 Å². The van der Waals surface area contributed by atoms with Crippen LogP contribution in [0.1, 0.15) is 55.4 Å². The summed E-state index contributed by atoms with van der Waals surface area (Å²) in [7, 11) is 1.46. The van der Waals surface area contributed by atoms with Gasteiger partial charge < -0.3 is 18.9 Å². The zero-order valence-electron chi connectivity index (χ0n) is 22.5. The number of nitrogens with zero attached hydrogens (tertiary/aromatic N) is 1. The summed E-state index contributed by atoms with van der Waals surface area (Å²) in [6.45, 7) is 5.47. The van der Waals surface area contributed by atoms with Gasteiger partial charge in [-0.05, 0) is 55.7 Å². The van der Waals surface area contributed by atoms with Crippen LogP contribution in [0.2, 0.25) is 5.02 Å². The molecule has 0 N–H and O–H groups in total. The van der Waals surface area contributed by atoms with Gasteiger partial charge in [-0.25, -0.2) is 9.59 Å². The molecule has 0 aliphatic rings. The first-order chi connectivity index (χ1) is 19.2. The van der Waals surface area contributed by atoms with Crippen LogP contribution >= 0.6 is 22.9 Å². The number of Topliss-reactive ketones (excluding diaryl/α,β-unsaturated/α-hetero) is 1. The quantitative estimate of drug-likeness (QED) is 0.138. The van der Waals surface area contributed by atoms with Crippen molar-refractivity contribution < 1.29 is 33.3 Å². The molecule has 0 saturated heterocycles.